The smallest absolute Gasteiger partial charge is 0.258 e. The van der Waals surface area contributed by atoms with Crippen molar-refractivity contribution in [1.29, 1.82) is 0 Å². The summed E-state index contributed by atoms with van der Waals surface area (Å²) in [5, 5.41) is 21.3. The lowest BCUT2D eigenvalue weighted by atomic mass is 10.1. The Kier molecular flexibility index (Phi) is 4.56. The van der Waals surface area contributed by atoms with E-state index in [4.69, 9.17) is 0 Å². The standard InChI is InChI=1S/C11H14N2O4/c1-2-3-4-5-9-6-7-10(12(14)15)11(8-9)13(16)17/h6-8H,2-5H2,1H3. The maximum atomic E-state index is 10.7. The van der Waals surface area contributed by atoms with Crippen molar-refractivity contribution in [1.82, 2.24) is 0 Å². The van der Waals surface area contributed by atoms with Crippen LogP contribution < -0.4 is 0 Å². The maximum absolute atomic E-state index is 10.7. The summed E-state index contributed by atoms with van der Waals surface area (Å²) in [6.07, 6.45) is 3.76. The van der Waals surface area contributed by atoms with Crippen LogP contribution in [0.2, 0.25) is 0 Å². The Bertz CT molecular complexity index is 431. The highest BCUT2D eigenvalue weighted by Crippen LogP contribution is 2.28. The minimum Gasteiger partial charge on any atom is -0.258 e. The van der Waals surface area contributed by atoms with Crippen LogP contribution in [0.1, 0.15) is 31.7 Å². The Hall–Kier alpha value is -1.98. The molecule has 0 saturated heterocycles. The van der Waals surface area contributed by atoms with Crippen molar-refractivity contribution in [3.8, 4) is 0 Å². The molecule has 0 heterocycles. The van der Waals surface area contributed by atoms with Gasteiger partial charge in [0.25, 0.3) is 0 Å². The number of aryl methyl sites for hydroxylation is 1. The molecule has 1 aromatic rings. The molecular weight excluding hydrogens is 224 g/mol. The second-order valence-corrected chi connectivity index (χ2v) is 3.79. The highest BCUT2D eigenvalue weighted by Gasteiger charge is 2.23. The Morgan fingerprint density at radius 3 is 2.24 bits per heavy atom. The molecule has 0 bridgehead atoms. The Balaban J connectivity index is 2.94. The van der Waals surface area contributed by atoms with Gasteiger partial charge in [-0.05, 0) is 18.4 Å². The van der Waals surface area contributed by atoms with Gasteiger partial charge in [0.1, 0.15) is 0 Å². The van der Waals surface area contributed by atoms with Crippen LogP contribution in [0.25, 0.3) is 0 Å². The lowest BCUT2D eigenvalue weighted by Gasteiger charge is -2.01. The molecule has 0 spiro atoms. The van der Waals surface area contributed by atoms with Gasteiger partial charge in [-0.2, -0.15) is 0 Å². The molecule has 6 heteroatoms. The number of nitrogens with zero attached hydrogens (tertiary/aromatic N) is 2. The van der Waals surface area contributed by atoms with Crippen molar-refractivity contribution in [2.75, 3.05) is 0 Å². The summed E-state index contributed by atoms with van der Waals surface area (Å²) in [5.74, 6) is 0. The van der Waals surface area contributed by atoms with Gasteiger partial charge in [-0.25, -0.2) is 0 Å². The van der Waals surface area contributed by atoms with Crippen LogP contribution >= 0.6 is 0 Å². The van der Waals surface area contributed by atoms with Crippen LogP contribution in [0.5, 0.6) is 0 Å². The molecule has 0 saturated carbocycles. The summed E-state index contributed by atoms with van der Waals surface area (Å²) in [4.78, 5) is 19.9. The van der Waals surface area contributed by atoms with Crippen LogP contribution in [-0.2, 0) is 6.42 Å². The van der Waals surface area contributed by atoms with E-state index in [9.17, 15) is 20.2 Å². The molecule has 92 valence electrons. The van der Waals surface area contributed by atoms with Gasteiger partial charge in [-0.15, -0.1) is 0 Å². The van der Waals surface area contributed by atoms with Gasteiger partial charge in [-0.3, -0.25) is 20.2 Å². The molecule has 0 aliphatic heterocycles. The zero-order chi connectivity index (χ0) is 12.8. The fraction of sp³-hybridized carbons (Fsp3) is 0.455. The van der Waals surface area contributed by atoms with Crippen molar-refractivity contribution >= 4 is 11.4 Å². The van der Waals surface area contributed by atoms with Crippen LogP contribution in [0.3, 0.4) is 0 Å². The largest absolute Gasteiger partial charge is 0.346 e. The highest BCUT2D eigenvalue weighted by molar-refractivity contribution is 5.54. The maximum Gasteiger partial charge on any atom is 0.346 e. The number of nitro groups is 2. The predicted octanol–water partition coefficient (Wildman–Crippen LogP) is 3.24. The van der Waals surface area contributed by atoms with Gasteiger partial charge in [0, 0.05) is 12.1 Å². The van der Waals surface area contributed by atoms with E-state index in [1.54, 1.807) is 6.07 Å². The molecule has 0 aromatic heterocycles. The van der Waals surface area contributed by atoms with E-state index in [2.05, 4.69) is 6.92 Å². The van der Waals surface area contributed by atoms with Crippen LogP contribution in [-0.4, -0.2) is 9.85 Å². The van der Waals surface area contributed by atoms with Crippen molar-refractivity contribution in [3.05, 3.63) is 44.0 Å². The van der Waals surface area contributed by atoms with Gasteiger partial charge in [0.15, 0.2) is 0 Å². The Morgan fingerprint density at radius 2 is 1.71 bits per heavy atom. The van der Waals surface area contributed by atoms with E-state index in [-0.39, 0.29) is 0 Å². The topological polar surface area (TPSA) is 86.3 Å². The number of rotatable bonds is 6. The zero-order valence-corrected chi connectivity index (χ0v) is 9.59. The molecule has 1 aromatic carbocycles. The third-order valence-corrected chi connectivity index (χ3v) is 2.50. The van der Waals surface area contributed by atoms with Crippen LogP contribution in [0, 0.1) is 20.2 Å². The molecule has 0 fully saturated rings. The molecular formula is C11H14N2O4. The van der Waals surface area contributed by atoms with Crippen molar-refractivity contribution in [2.24, 2.45) is 0 Å². The Morgan fingerprint density at radius 1 is 1.06 bits per heavy atom. The zero-order valence-electron chi connectivity index (χ0n) is 9.59. The van der Waals surface area contributed by atoms with Crippen molar-refractivity contribution in [3.63, 3.8) is 0 Å². The van der Waals surface area contributed by atoms with E-state index in [0.29, 0.717) is 6.42 Å². The van der Waals surface area contributed by atoms with E-state index in [0.717, 1.165) is 24.8 Å². The summed E-state index contributed by atoms with van der Waals surface area (Å²) in [7, 11) is 0. The van der Waals surface area contributed by atoms with E-state index in [1.165, 1.54) is 12.1 Å². The summed E-state index contributed by atoms with van der Waals surface area (Å²) in [6.45, 7) is 2.07. The molecule has 1 rings (SSSR count). The molecule has 6 nitrogen and oxygen atoms in total. The van der Waals surface area contributed by atoms with E-state index >= 15 is 0 Å². The molecule has 0 aliphatic carbocycles. The fourth-order valence-corrected chi connectivity index (χ4v) is 1.60. The van der Waals surface area contributed by atoms with Crippen molar-refractivity contribution in [2.45, 2.75) is 32.6 Å². The number of hydrogen-bond donors (Lipinski definition) is 0. The lowest BCUT2D eigenvalue weighted by Crippen LogP contribution is -1.98. The lowest BCUT2D eigenvalue weighted by molar-refractivity contribution is -0.422. The third kappa shape index (κ3) is 3.51. The summed E-state index contributed by atoms with van der Waals surface area (Å²) >= 11 is 0. The average molecular weight is 238 g/mol. The van der Waals surface area contributed by atoms with Gasteiger partial charge in [-0.1, -0.05) is 25.8 Å². The molecule has 0 radical (unpaired) electrons. The minimum atomic E-state index is -0.728. The molecule has 0 amide bonds. The van der Waals surface area contributed by atoms with Gasteiger partial charge < -0.3 is 0 Å². The van der Waals surface area contributed by atoms with Crippen LogP contribution in [0.4, 0.5) is 11.4 Å². The first-order valence-electron chi connectivity index (χ1n) is 5.48. The number of nitro benzene ring substituents is 2. The average Bonchev–Trinajstić information content (AvgIpc) is 2.29. The molecule has 17 heavy (non-hydrogen) atoms. The Labute approximate surface area is 98.6 Å². The third-order valence-electron chi connectivity index (χ3n) is 2.50. The van der Waals surface area contributed by atoms with Gasteiger partial charge in [0.05, 0.1) is 9.85 Å². The number of hydrogen-bond acceptors (Lipinski definition) is 4. The summed E-state index contributed by atoms with van der Waals surface area (Å²) in [5.41, 5.74) is -0.103. The molecule has 0 unspecified atom stereocenters. The first-order valence-corrected chi connectivity index (χ1v) is 5.48. The summed E-state index contributed by atoms with van der Waals surface area (Å²) in [6, 6.07) is 4.09. The second kappa shape index (κ2) is 5.93. The first-order chi connectivity index (χ1) is 8.06. The fourth-order valence-electron chi connectivity index (χ4n) is 1.60. The van der Waals surface area contributed by atoms with Crippen LogP contribution in [0.15, 0.2) is 18.2 Å². The molecule has 0 atom stereocenters. The number of unbranched alkanes of at least 4 members (excludes halogenated alkanes) is 2. The second-order valence-electron chi connectivity index (χ2n) is 3.79. The summed E-state index contributed by atoms with van der Waals surface area (Å²) < 4.78 is 0. The monoisotopic (exact) mass is 238 g/mol. The van der Waals surface area contributed by atoms with E-state index < -0.39 is 21.2 Å². The van der Waals surface area contributed by atoms with Gasteiger partial charge in [0.2, 0.25) is 0 Å². The minimum absolute atomic E-state index is 0.427. The normalized spacial score (nSPS) is 10.2. The molecule has 0 aliphatic rings. The predicted molar refractivity (Wildman–Crippen MR) is 63.0 cm³/mol. The number of benzene rings is 1. The molecule has 0 N–H and O–H groups in total. The first kappa shape index (κ1) is 13.1. The highest BCUT2D eigenvalue weighted by atomic mass is 16.6. The van der Waals surface area contributed by atoms with E-state index in [1.807, 2.05) is 0 Å². The quantitative estimate of drug-likeness (QED) is 0.432. The SMILES string of the molecule is CCCCCc1ccc([N+](=O)[O-])c([N+](=O)[O-])c1. The van der Waals surface area contributed by atoms with Crippen molar-refractivity contribution < 1.29 is 9.85 Å². The van der Waals surface area contributed by atoms with Gasteiger partial charge >= 0.3 is 11.4 Å².